The van der Waals surface area contributed by atoms with E-state index in [4.69, 9.17) is 25.8 Å². The maximum Gasteiger partial charge on any atom is 0.137 e. The highest BCUT2D eigenvalue weighted by Gasteiger charge is 2.34. The van der Waals surface area contributed by atoms with Crippen LogP contribution in [0.4, 0.5) is 0 Å². The molecule has 32 heavy (non-hydrogen) atoms. The lowest BCUT2D eigenvalue weighted by molar-refractivity contribution is -0.0278. The van der Waals surface area contributed by atoms with Crippen LogP contribution in [0.1, 0.15) is 48.9 Å². The zero-order chi connectivity index (χ0) is 23.7. The molecule has 1 saturated heterocycles. The molecule has 0 aromatic heterocycles. The predicted octanol–water partition coefficient (Wildman–Crippen LogP) is 5.50. The lowest BCUT2D eigenvalue weighted by Gasteiger charge is -2.39. The fourth-order valence-electron chi connectivity index (χ4n) is 3.97. The second kappa shape index (κ2) is 12.4. The molecule has 0 unspecified atom stereocenters. The van der Waals surface area contributed by atoms with Gasteiger partial charge in [-0.1, -0.05) is 37.6 Å². The van der Waals surface area contributed by atoms with Gasteiger partial charge in [0.1, 0.15) is 18.1 Å². The lowest BCUT2D eigenvalue weighted by Crippen LogP contribution is -2.42. The summed E-state index contributed by atoms with van der Waals surface area (Å²) in [5.74, 6) is 1.52. The molecular weight excluding hydrogens is 426 g/mol. The van der Waals surface area contributed by atoms with Crippen LogP contribution in [0.25, 0.3) is 0 Å². The Morgan fingerprint density at radius 3 is 2.28 bits per heavy atom. The van der Waals surface area contributed by atoms with Crippen molar-refractivity contribution in [3.05, 3.63) is 57.6 Å². The normalized spacial score (nSPS) is 15.6. The van der Waals surface area contributed by atoms with Gasteiger partial charge < -0.3 is 19.3 Å². The lowest BCUT2D eigenvalue weighted by atomic mass is 9.84. The first-order valence-corrected chi connectivity index (χ1v) is 11.8. The molecule has 0 saturated carbocycles. The number of hydrogen-bond donors (Lipinski definition) is 1. The Hall–Kier alpha value is -1.79. The number of rotatable bonds is 8. The van der Waals surface area contributed by atoms with Crippen LogP contribution < -0.4 is 9.47 Å². The third-order valence-electron chi connectivity index (χ3n) is 6.16. The van der Waals surface area contributed by atoms with Gasteiger partial charge in [0.15, 0.2) is 0 Å². The Balaban J connectivity index is 0.00000176. The van der Waals surface area contributed by atoms with Crippen molar-refractivity contribution < 1.29 is 19.3 Å². The van der Waals surface area contributed by atoms with Crippen molar-refractivity contribution in [2.24, 2.45) is 0 Å². The molecule has 0 aliphatic carbocycles. The van der Waals surface area contributed by atoms with Crippen molar-refractivity contribution in [2.75, 3.05) is 40.5 Å². The van der Waals surface area contributed by atoms with Crippen LogP contribution in [-0.4, -0.2) is 50.5 Å². The fraction of sp³-hybridized carbons (Fsp3) is 0.538. The fourth-order valence-corrected chi connectivity index (χ4v) is 4.17. The molecule has 5 nitrogen and oxygen atoms in total. The number of halogens is 1. The topological polar surface area (TPSA) is 51.2 Å². The molecule has 0 spiro atoms. The summed E-state index contributed by atoms with van der Waals surface area (Å²) < 4.78 is 16.2. The van der Waals surface area contributed by atoms with E-state index in [2.05, 4.69) is 24.8 Å². The average molecular weight is 464 g/mol. The largest absolute Gasteiger partial charge is 0.495 e. The SMILES string of the molecule is CC.COCCOc1ccc(CN2CCC(O)(c3ccc(Cl)c(OC)c3)CC2)c(C)c1C. The molecule has 0 bridgehead atoms. The van der Waals surface area contributed by atoms with Gasteiger partial charge in [-0.25, -0.2) is 0 Å². The van der Waals surface area contributed by atoms with Gasteiger partial charge in [-0.2, -0.15) is 0 Å². The van der Waals surface area contributed by atoms with Crippen LogP contribution in [0.3, 0.4) is 0 Å². The molecule has 0 amide bonds. The molecule has 1 aliphatic rings. The number of ether oxygens (including phenoxy) is 3. The van der Waals surface area contributed by atoms with Gasteiger partial charge in [0.2, 0.25) is 0 Å². The van der Waals surface area contributed by atoms with E-state index in [1.165, 1.54) is 16.7 Å². The van der Waals surface area contributed by atoms with E-state index in [-0.39, 0.29) is 0 Å². The molecule has 1 N–H and O–H groups in total. The Labute approximate surface area is 198 Å². The maximum atomic E-state index is 11.2. The monoisotopic (exact) mass is 463 g/mol. The van der Waals surface area contributed by atoms with E-state index in [0.717, 1.165) is 30.9 Å². The van der Waals surface area contributed by atoms with E-state index in [1.807, 2.05) is 32.0 Å². The van der Waals surface area contributed by atoms with Gasteiger partial charge in [-0.3, -0.25) is 4.90 Å². The number of benzene rings is 2. The summed E-state index contributed by atoms with van der Waals surface area (Å²) in [6.07, 6.45) is 1.35. The first-order chi connectivity index (χ1) is 15.4. The third-order valence-corrected chi connectivity index (χ3v) is 6.47. The van der Waals surface area contributed by atoms with Crippen molar-refractivity contribution >= 4 is 11.6 Å². The summed E-state index contributed by atoms with van der Waals surface area (Å²) >= 11 is 6.14. The molecule has 1 aliphatic heterocycles. The van der Waals surface area contributed by atoms with E-state index in [0.29, 0.717) is 36.8 Å². The molecule has 3 rings (SSSR count). The van der Waals surface area contributed by atoms with E-state index in [9.17, 15) is 5.11 Å². The zero-order valence-electron chi connectivity index (χ0n) is 20.3. The highest BCUT2D eigenvalue weighted by atomic mass is 35.5. The van der Waals surface area contributed by atoms with Crippen LogP contribution in [0, 0.1) is 13.8 Å². The minimum Gasteiger partial charge on any atom is -0.495 e. The molecule has 6 heteroatoms. The molecule has 0 atom stereocenters. The van der Waals surface area contributed by atoms with E-state index >= 15 is 0 Å². The predicted molar refractivity (Wildman–Crippen MR) is 131 cm³/mol. The van der Waals surface area contributed by atoms with Crippen LogP contribution in [0.15, 0.2) is 30.3 Å². The number of piperidine rings is 1. The first kappa shape index (κ1) is 26.5. The van der Waals surface area contributed by atoms with Gasteiger partial charge in [0.05, 0.1) is 24.3 Å². The van der Waals surface area contributed by atoms with Crippen LogP contribution in [0.2, 0.25) is 5.02 Å². The standard InChI is InChI=1S/C24H32ClNO4.C2H6/c1-17-18(2)22(30-14-13-28-3)8-5-19(17)16-26-11-9-24(27,10-12-26)20-6-7-21(25)23(15-20)29-4;1-2/h5-8,15,27H,9-14,16H2,1-4H3;1-2H3. The van der Waals surface area contributed by atoms with Crippen molar-refractivity contribution in [1.29, 1.82) is 0 Å². The van der Waals surface area contributed by atoms with Gasteiger partial charge in [0.25, 0.3) is 0 Å². The number of methoxy groups -OCH3 is 2. The molecule has 0 radical (unpaired) electrons. The van der Waals surface area contributed by atoms with Crippen LogP contribution in [0.5, 0.6) is 11.5 Å². The van der Waals surface area contributed by atoms with Crippen molar-refractivity contribution in [2.45, 2.75) is 52.7 Å². The highest BCUT2D eigenvalue weighted by molar-refractivity contribution is 6.32. The molecule has 1 fully saturated rings. The second-order valence-electron chi connectivity index (χ2n) is 7.97. The van der Waals surface area contributed by atoms with Gasteiger partial charge in [0, 0.05) is 26.7 Å². The third kappa shape index (κ3) is 6.38. The Morgan fingerprint density at radius 2 is 1.66 bits per heavy atom. The Bertz CT molecular complexity index is 863. The number of aliphatic hydroxyl groups is 1. The maximum absolute atomic E-state index is 11.2. The smallest absolute Gasteiger partial charge is 0.137 e. The molecular formula is C26H38ClNO4. The summed E-state index contributed by atoms with van der Waals surface area (Å²) in [5, 5.41) is 11.8. The molecule has 2 aromatic carbocycles. The van der Waals surface area contributed by atoms with Gasteiger partial charge in [-0.05, 0) is 67.1 Å². The van der Waals surface area contributed by atoms with Gasteiger partial charge >= 0.3 is 0 Å². The molecule has 2 aromatic rings. The summed E-state index contributed by atoms with van der Waals surface area (Å²) in [4.78, 5) is 2.40. The van der Waals surface area contributed by atoms with Crippen molar-refractivity contribution in [1.82, 2.24) is 4.90 Å². The summed E-state index contributed by atoms with van der Waals surface area (Å²) in [7, 11) is 3.27. The van der Waals surface area contributed by atoms with E-state index in [1.54, 1.807) is 20.3 Å². The van der Waals surface area contributed by atoms with Crippen LogP contribution >= 0.6 is 11.6 Å². The van der Waals surface area contributed by atoms with Crippen LogP contribution in [-0.2, 0) is 16.9 Å². The minimum atomic E-state index is -0.849. The Morgan fingerprint density at radius 1 is 0.969 bits per heavy atom. The number of nitrogens with zero attached hydrogens (tertiary/aromatic N) is 1. The zero-order valence-corrected chi connectivity index (χ0v) is 21.1. The van der Waals surface area contributed by atoms with Crippen molar-refractivity contribution in [3.63, 3.8) is 0 Å². The van der Waals surface area contributed by atoms with Gasteiger partial charge in [-0.15, -0.1) is 0 Å². The van der Waals surface area contributed by atoms with E-state index < -0.39 is 5.60 Å². The summed E-state index contributed by atoms with van der Waals surface area (Å²) in [6.45, 7) is 11.9. The quantitative estimate of drug-likeness (QED) is 0.524. The second-order valence-corrected chi connectivity index (χ2v) is 8.38. The summed E-state index contributed by atoms with van der Waals surface area (Å²) in [5.41, 5.74) is 3.75. The molecule has 1 heterocycles. The Kier molecular flexibility index (Phi) is 10.3. The highest BCUT2D eigenvalue weighted by Crippen LogP contribution is 2.37. The summed E-state index contributed by atoms with van der Waals surface area (Å²) in [6, 6.07) is 9.75. The molecule has 178 valence electrons. The first-order valence-electron chi connectivity index (χ1n) is 11.4. The minimum absolute atomic E-state index is 0.552. The average Bonchev–Trinajstić information content (AvgIpc) is 2.81. The number of hydrogen-bond acceptors (Lipinski definition) is 5. The number of likely N-dealkylation sites (tertiary alicyclic amines) is 1. The van der Waals surface area contributed by atoms with Crippen molar-refractivity contribution in [3.8, 4) is 11.5 Å².